The summed E-state index contributed by atoms with van der Waals surface area (Å²) < 4.78 is 13.2. The third kappa shape index (κ3) is 5.51. The van der Waals surface area contributed by atoms with Gasteiger partial charge in [-0.1, -0.05) is 60.3 Å². The summed E-state index contributed by atoms with van der Waals surface area (Å²) in [6, 6.07) is 26.1. The number of nitrogens with zero attached hydrogens (tertiary/aromatic N) is 1. The number of dihydropyridines is 1. The second kappa shape index (κ2) is 10.9. The number of anilines is 1. The molecule has 0 radical (unpaired) electrons. The van der Waals surface area contributed by atoms with Gasteiger partial charge >= 0.3 is 0 Å². The van der Waals surface area contributed by atoms with Gasteiger partial charge in [-0.2, -0.15) is 5.26 Å². The maximum atomic E-state index is 13.4. The van der Waals surface area contributed by atoms with E-state index >= 15 is 0 Å². The highest BCUT2D eigenvalue weighted by atomic mass is 32.2. The van der Waals surface area contributed by atoms with Gasteiger partial charge < -0.3 is 10.6 Å². The first-order valence-corrected chi connectivity index (χ1v) is 11.9. The van der Waals surface area contributed by atoms with Crippen molar-refractivity contribution in [1.29, 1.82) is 5.26 Å². The van der Waals surface area contributed by atoms with E-state index in [-0.39, 0.29) is 17.4 Å². The molecule has 1 atom stereocenters. The standard InChI is InChI=1S/C28H22FN3O2S/c1-18-25(27(34)32-22-10-6-3-7-11-22)26(20-8-4-2-5-9-20)23(16-30)28(31-18)35-17-24(33)19-12-14-21(29)15-13-19/h2-15,26,31H,17H2,1H3,(H,32,34)/t26-/m0/s1. The molecule has 0 saturated carbocycles. The van der Waals surface area contributed by atoms with Gasteiger partial charge in [0.15, 0.2) is 5.78 Å². The molecule has 4 rings (SSSR count). The Bertz CT molecular complexity index is 1340. The smallest absolute Gasteiger partial charge is 0.254 e. The van der Waals surface area contributed by atoms with Crippen LogP contribution >= 0.6 is 11.8 Å². The molecule has 1 heterocycles. The topological polar surface area (TPSA) is 82.0 Å². The Balaban J connectivity index is 1.65. The van der Waals surface area contributed by atoms with Crippen LogP contribution in [-0.4, -0.2) is 17.4 Å². The number of benzene rings is 3. The average molecular weight is 484 g/mol. The first kappa shape index (κ1) is 24.0. The third-order valence-corrected chi connectivity index (χ3v) is 6.59. The number of para-hydroxylation sites is 1. The summed E-state index contributed by atoms with van der Waals surface area (Å²) in [4.78, 5) is 26.0. The number of Topliss-reactive ketones (excluding diaryl/α,β-unsaturated/α-hetero) is 1. The van der Waals surface area contributed by atoms with Crippen molar-refractivity contribution in [3.63, 3.8) is 0 Å². The number of rotatable bonds is 7. The maximum absolute atomic E-state index is 13.4. The van der Waals surface area contributed by atoms with E-state index in [0.29, 0.717) is 33.1 Å². The van der Waals surface area contributed by atoms with Gasteiger partial charge in [0.25, 0.3) is 5.91 Å². The van der Waals surface area contributed by atoms with Crippen molar-refractivity contribution >= 4 is 29.1 Å². The highest BCUT2D eigenvalue weighted by Crippen LogP contribution is 2.41. The molecule has 0 saturated heterocycles. The van der Waals surface area contributed by atoms with E-state index in [1.165, 1.54) is 36.0 Å². The third-order valence-electron chi connectivity index (χ3n) is 5.57. The van der Waals surface area contributed by atoms with Crippen LogP contribution in [0.2, 0.25) is 0 Å². The predicted octanol–water partition coefficient (Wildman–Crippen LogP) is 5.78. The van der Waals surface area contributed by atoms with Crippen LogP contribution in [0.3, 0.4) is 0 Å². The summed E-state index contributed by atoms with van der Waals surface area (Å²) in [6.45, 7) is 1.78. The molecule has 5 nitrogen and oxygen atoms in total. The van der Waals surface area contributed by atoms with Crippen LogP contribution in [0.1, 0.15) is 28.8 Å². The molecule has 0 aliphatic carbocycles. The molecular formula is C28H22FN3O2S. The lowest BCUT2D eigenvalue weighted by Crippen LogP contribution is -2.31. The van der Waals surface area contributed by atoms with Gasteiger partial charge in [0, 0.05) is 22.5 Å². The van der Waals surface area contributed by atoms with Crippen molar-refractivity contribution in [3.05, 3.63) is 124 Å². The Kier molecular flexibility index (Phi) is 7.44. The molecule has 1 amide bonds. The van der Waals surface area contributed by atoms with Gasteiger partial charge in [-0.05, 0) is 48.9 Å². The number of carbonyl (C=O) groups excluding carboxylic acids is 2. The predicted molar refractivity (Wildman–Crippen MR) is 136 cm³/mol. The molecule has 0 spiro atoms. The molecule has 1 aliphatic heterocycles. The Labute approximate surface area is 207 Å². The number of nitriles is 1. The summed E-state index contributed by atoms with van der Waals surface area (Å²) >= 11 is 1.19. The number of thioether (sulfide) groups is 1. The molecule has 1 aliphatic rings. The van der Waals surface area contributed by atoms with E-state index in [9.17, 15) is 19.2 Å². The quantitative estimate of drug-likeness (QED) is 0.417. The van der Waals surface area contributed by atoms with Gasteiger partial charge in [-0.25, -0.2) is 4.39 Å². The van der Waals surface area contributed by atoms with Crippen molar-refractivity contribution in [2.45, 2.75) is 12.8 Å². The van der Waals surface area contributed by atoms with Crippen molar-refractivity contribution in [3.8, 4) is 6.07 Å². The largest absolute Gasteiger partial charge is 0.353 e. The minimum Gasteiger partial charge on any atom is -0.353 e. The zero-order valence-corrected chi connectivity index (χ0v) is 19.7. The maximum Gasteiger partial charge on any atom is 0.254 e. The number of allylic oxidation sites excluding steroid dienone is 2. The van der Waals surface area contributed by atoms with Crippen LogP contribution in [0.25, 0.3) is 0 Å². The van der Waals surface area contributed by atoms with E-state index in [1.807, 2.05) is 48.5 Å². The van der Waals surface area contributed by atoms with E-state index in [2.05, 4.69) is 16.7 Å². The lowest BCUT2D eigenvalue weighted by atomic mass is 9.82. The van der Waals surface area contributed by atoms with Crippen LogP contribution in [0, 0.1) is 17.1 Å². The molecule has 35 heavy (non-hydrogen) atoms. The van der Waals surface area contributed by atoms with Gasteiger partial charge in [0.1, 0.15) is 5.82 Å². The second-order valence-corrected chi connectivity index (χ2v) is 8.89. The average Bonchev–Trinajstić information content (AvgIpc) is 2.88. The van der Waals surface area contributed by atoms with Crippen LogP contribution in [0.4, 0.5) is 10.1 Å². The van der Waals surface area contributed by atoms with E-state index in [4.69, 9.17) is 0 Å². The molecule has 0 bridgehead atoms. The molecule has 174 valence electrons. The lowest BCUT2D eigenvalue weighted by Gasteiger charge is -2.29. The Morgan fingerprint density at radius 3 is 2.26 bits per heavy atom. The molecule has 7 heteroatoms. The molecule has 0 fully saturated rings. The van der Waals surface area contributed by atoms with E-state index in [1.54, 1.807) is 19.1 Å². The number of ketones is 1. The first-order valence-electron chi connectivity index (χ1n) is 10.9. The first-order chi connectivity index (χ1) is 17.0. The summed E-state index contributed by atoms with van der Waals surface area (Å²) in [7, 11) is 0. The number of carbonyl (C=O) groups is 2. The van der Waals surface area contributed by atoms with Crippen LogP contribution in [0.15, 0.2) is 107 Å². The zero-order valence-electron chi connectivity index (χ0n) is 18.9. The summed E-state index contributed by atoms with van der Waals surface area (Å²) in [6.07, 6.45) is 0. The fourth-order valence-corrected chi connectivity index (χ4v) is 4.87. The molecule has 3 aromatic rings. The number of nitrogens with one attached hydrogen (secondary N) is 2. The minimum absolute atomic E-state index is 0.0550. The molecular weight excluding hydrogens is 461 g/mol. The van der Waals surface area contributed by atoms with Crippen LogP contribution < -0.4 is 10.6 Å². The summed E-state index contributed by atoms with van der Waals surface area (Å²) in [5, 5.41) is 16.8. The fraction of sp³-hybridized carbons (Fsp3) is 0.107. The normalized spacial score (nSPS) is 15.3. The molecule has 0 aromatic heterocycles. The number of halogens is 1. The Morgan fingerprint density at radius 1 is 1.00 bits per heavy atom. The summed E-state index contributed by atoms with van der Waals surface area (Å²) in [5.74, 6) is -1.46. The van der Waals surface area contributed by atoms with Crippen molar-refractivity contribution in [2.24, 2.45) is 0 Å². The molecule has 2 N–H and O–H groups in total. The Hall–Kier alpha value is -4.15. The van der Waals surface area contributed by atoms with E-state index in [0.717, 1.165) is 5.56 Å². The monoisotopic (exact) mass is 483 g/mol. The van der Waals surface area contributed by atoms with Crippen molar-refractivity contribution in [1.82, 2.24) is 5.32 Å². The SMILES string of the molecule is CC1=C(C(=O)Nc2ccccc2)[C@@H](c2ccccc2)C(C#N)=C(SCC(=O)c2ccc(F)cc2)N1. The lowest BCUT2D eigenvalue weighted by molar-refractivity contribution is -0.113. The van der Waals surface area contributed by atoms with Crippen molar-refractivity contribution < 1.29 is 14.0 Å². The highest BCUT2D eigenvalue weighted by molar-refractivity contribution is 8.03. The molecule has 0 unspecified atom stereocenters. The van der Waals surface area contributed by atoms with Gasteiger partial charge in [-0.15, -0.1) is 0 Å². The second-order valence-electron chi connectivity index (χ2n) is 7.90. The van der Waals surface area contributed by atoms with E-state index < -0.39 is 11.7 Å². The molecule has 3 aromatic carbocycles. The number of hydrogen-bond acceptors (Lipinski definition) is 5. The highest BCUT2D eigenvalue weighted by Gasteiger charge is 2.34. The summed E-state index contributed by atoms with van der Waals surface area (Å²) in [5.41, 5.74) is 3.23. The van der Waals surface area contributed by atoms with Crippen LogP contribution in [0.5, 0.6) is 0 Å². The zero-order chi connectivity index (χ0) is 24.8. The minimum atomic E-state index is -0.602. The fourth-order valence-electron chi connectivity index (χ4n) is 3.88. The van der Waals surface area contributed by atoms with Gasteiger partial charge in [0.2, 0.25) is 0 Å². The van der Waals surface area contributed by atoms with Crippen LogP contribution in [-0.2, 0) is 4.79 Å². The number of hydrogen-bond donors (Lipinski definition) is 2. The van der Waals surface area contributed by atoms with Crippen molar-refractivity contribution in [2.75, 3.05) is 11.1 Å². The Morgan fingerprint density at radius 2 is 1.63 bits per heavy atom. The van der Waals surface area contributed by atoms with Gasteiger partial charge in [0.05, 0.1) is 28.3 Å². The van der Waals surface area contributed by atoms with Gasteiger partial charge in [-0.3, -0.25) is 9.59 Å². The number of amides is 1.